The molecule has 0 atom stereocenters. The van der Waals surface area contributed by atoms with Gasteiger partial charge in [0.1, 0.15) is 0 Å². The van der Waals surface area contributed by atoms with Crippen molar-refractivity contribution in [3.05, 3.63) is 47.1 Å². The van der Waals surface area contributed by atoms with E-state index in [1.807, 2.05) is 6.07 Å². The maximum atomic E-state index is 11.1. The fraction of sp³-hybridized carbons (Fsp3) is 0. The highest BCUT2D eigenvalue weighted by Gasteiger charge is 2.04. The van der Waals surface area contributed by atoms with Crippen LogP contribution in [-0.4, -0.2) is 5.97 Å². The van der Waals surface area contributed by atoms with E-state index in [4.69, 9.17) is 0 Å². The lowest BCUT2D eigenvalue weighted by Gasteiger charge is -1.98. The summed E-state index contributed by atoms with van der Waals surface area (Å²) in [5, 5.41) is 0. The molecule has 12 heavy (non-hydrogen) atoms. The van der Waals surface area contributed by atoms with Crippen LogP contribution in [-0.2, 0) is 4.74 Å². The van der Waals surface area contributed by atoms with E-state index >= 15 is 0 Å². The molecule has 0 spiro atoms. The molecule has 0 unspecified atom stereocenters. The molecule has 0 bridgehead atoms. The van der Waals surface area contributed by atoms with Crippen molar-refractivity contribution < 1.29 is 9.53 Å². The topological polar surface area (TPSA) is 26.3 Å². The van der Waals surface area contributed by atoms with Gasteiger partial charge in [0.15, 0.2) is 0 Å². The molecular formula is C9H7BrO2. The van der Waals surface area contributed by atoms with Gasteiger partial charge in [0.05, 0.1) is 11.8 Å². The van der Waals surface area contributed by atoms with E-state index in [0.29, 0.717) is 5.56 Å². The number of rotatable bonds is 2. The standard InChI is InChI=1S/C9H7BrO2/c1-2-12-9(11)7-4-3-5-8(10)6-7/h2-6H,1H2. The highest BCUT2D eigenvalue weighted by molar-refractivity contribution is 9.10. The van der Waals surface area contributed by atoms with Gasteiger partial charge in [-0.2, -0.15) is 0 Å². The molecule has 0 saturated heterocycles. The predicted octanol–water partition coefficient (Wildman–Crippen LogP) is 2.75. The van der Waals surface area contributed by atoms with Gasteiger partial charge in [0, 0.05) is 4.47 Å². The zero-order valence-electron chi connectivity index (χ0n) is 6.29. The van der Waals surface area contributed by atoms with E-state index in [-0.39, 0.29) is 0 Å². The number of esters is 1. The predicted molar refractivity (Wildman–Crippen MR) is 49.8 cm³/mol. The van der Waals surface area contributed by atoms with Gasteiger partial charge in [-0.3, -0.25) is 0 Å². The van der Waals surface area contributed by atoms with Crippen LogP contribution in [0.15, 0.2) is 41.6 Å². The third kappa shape index (κ3) is 2.20. The van der Waals surface area contributed by atoms with Crippen LogP contribution >= 0.6 is 15.9 Å². The quantitative estimate of drug-likeness (QED) is 0.573. The van der Waals surface area contributed by atoms with Crippen LogP contribution in [0, 0.1) is 0 Å². The minimum atomic E-state index is -0.397. The molecule has 0 saturated carbocycles. The zero-order chi connectivity index (χ0) is 8.97. The fourth-order valence-corrected chi connectivity index (χ4v) is 1.16. The van der Waals surface area contributed by atoms with Crippen LogP contribution in [0.25, 0.3) is 0 Å². The molecule has 0 aliphatic heterocycles. The number of carbonyl (C=O) groups excluding carboxylic acids is 1. The Labute approximate surface area is 79.0 Å². The second-order valence-electron chi connectivity index (χ2n) is 2.08. The van der Waals surface area contributed by atoms with Gasteiger partial charge >= 0.3 is 5.97 Å². The third-order valence-electron chi connectivity index (χ3n) is 1.25. The molecule has 2 nitrogen and oxygen atoms in total. The maximum absolute atomic E-state index is 11.1. The molecule has 1 aromatic carbocycles. The number of benzene rings is 1. The van der Waals surface area contributed by atoms with Crippen LogP contribution in [0.4, 0.5) is 0 Å². The first-order chi connectivity index (χ1) is 5.74. The van der Waals surface area contributed by atoms with Crippen molar-refractivity contribution in [1.29, 1.82) is 0 Å². The lowest BCUT2D eigenvalue weighted by molar-refractivity contribution is 0.0664. The molecule has 3 heteroatoms. The van der Waals surface area contributed by atoms with Crippen LogP contribution in [0.1, 0.15) is 10.4 Å². The van der Waals surface area contributed by atoms with Gasteiger partial charge in [-0.25, -0.2) is 4.79 Å². The Morgan fingerprint density at radius 3 is 2.92 bits per heavy atom. The lowest BCUT2D eigenvalue weighted by atomic mass is 10.2. The van der Waals surface area contributed by atoms with E-state index in [2.05, 4.69) is 27.2 Å². The summed E-state index contributed by atoms with van der Waals surface area (Å²) in [6, 6.07) is 6.97. The minimum absolute atomic E-state index is 0.397. The summed E-state index contributed by atoms with van der Waals surface area (Å²) in [4.78, 5) is 11.1. The molecule has 1 rings (SSSR count). The van der Waals surface area contributed by atoms with Gasteiger partial charge in [0.2, 0.25) is 0 Å². The molecule has 0 aliphatic rings. The molecule has 1 aromatic rings. The van der Waals surface area contributed by atoms with E-state index in [0.717, 1.165) is 10.7 Å². The highest BCUT2D eigenvalue weighted by Crippen LogP contribution is 2.12. The van der Waals surface area contributed by atoms with Crippen molar-refractivity contribution in [1.82, 2.24) is 0 Å². The molecule has 0 radical (unpaired) electrons. The number of hydrogen-bond donors (Lipinski definition) is 0. The van der Waals surface area contributed by atoms with E-state index in [1.165, 1.54) is 0 Å². The Bertz CT molecular complexity index is 307. The molecule has 0 N–H and O–H groups in total. The first kappa shape index (κ1) is 9.00. The Morgan fingerprint density at radius 2 is 2.33 bits per heavy atom. The van der Waals surface area contributed by atoms with Crippen molar-refractivity contribution in [3.63, 3.8) is 0 Å². The average Bonchev–Trinajstić information content (AvgIpc) is 2.05. The van der Waals surface area contributed by atoms with Crippen LogP contribution < -0.4 is 0 Å². The molecule has 0 aromatic heterocycles. The smallest absolute Gasteiger partial charge is 0.342 e. The summed E-state index contributed by atoms with van der Waals surface area (Å²) in [6.07, 6.45) is 1.11. The van der Waals surface area contributed by atoms with Crippen molar-refractivity contribution in [3.8, 4) is 0 Å². The SMILES string of the molecule is C=COC(=O)c1cccc(Br)c1. The summed E-state index contributed by atoms with van der Waals surface area (Å²) in [5.41, 5.74) is 0.504. The van der Waals surface area contributed by atoms with Crippen molar-refractivity contribution in [2.75, 3.05) is 0 Å². The van der Waals surface area contributed by atoms with Crippen molar-refractivity contribution >= 4 is 21.9 Å². The first-order valence-corrected chi connectivity index (χ1v) is 4.11. The number of halogens is 1. The highest BCUT2D eigenvalue weighted by atomic mass is 79.9. The molecule has 62 valence electrons. The van der Waals surface area contributed by atoms with E-state index in [1.54, 1.807) is 18.2 Å². The van der Waals surface area contributed by atoms with Gasteiger partial charge in [0.25, 0.3) is 0 Å². The molecule has 0 heterocycles. The fourth-order valence-electron chi connectivity index (χ4n) is 0.759. The Kier molecular flexibility index (Phi) is 3.05. The summed E-state index contributed by atoms with van der Waals surface area (Å²) in [5.74, 6) is -0.397. The van der Waals surface area contributed by atoms with E-state index in [9.17, 15) is 4.79 Å². The van der Waals surface area contributed by atoms with Crippen molar-refractivity contribution in [2.45, 2.75) is 0 Å². The summed E-state index contributed by atoms with van der Waals surface area (Å²) >= 11 is 3.25. The van der Waals surface area contributed by atoms with Gasteiger partial charge in [-0.15, -0.1) is 0 Å². The van der Waals surface area contributed by atoms with Gasteiger partial charge in [-0.05, 0) is 18.2 Å². The Hall–Kier alpha value is -1.09. The van der Waals surface area contributed by atoms with Crippen molar-refractivity contribution in [2.24, 2.45) is 0 Å². The average molecular weight is 227 g/mol. The minimum Gasteiger partial charge on any atom is -0.432 e. The van der Waals surface area contributed by atoms with Gasteiger partial charge in [-0.1, -0.05) is 28.6 Å². The monoisotopic (exact) mass is 226 g/mol. The molecule has 0 amide bonds. The molecular weight excluding hydrogens is 220 g/mol. The molecule has 0 fully saturated rings. The second-order valence-corrected chi connectivity index (χ2v) is 3.00. The number of hydrogen-bond acceptors (Lipinski definition) is 2. The summed E-state index contributed by atoms with van der Waals surface area (Å²) in [6.45, 7) is 3.29. The first-order valence-electron chi connectivity index (χ1n) is 3.31. The largest absolute Gasteiger partial charge is 0.432 e. The maximum Gasteiger partial charge on any atom is 0.342 e. The Balaban J connectivity index is 2.87. The number of ether oxygens (including phenoxy) is 1. The third-order valence-corrected chi connectivity index (χ3v) is 1.74. The Morgan fingerprint density at radius 1 is 1.58 bits per heavy atom. The van der Waals surface area contributed by atoms with Crippen LogP contribution in [0.2, 0.25) is 0 Å². The van der Waals surface area contributed by atoms with Gasteiger partial charge < -0.3 is 4.74 Å². The van der Waals surface area contributed by atoms with Crippen LogP contribution in [0.5, 0.6) is 0 Å². The second kappa shape index (κ2) is 4.07. The van der Waals surface area contributed by atoms with E-state index < -0.39 is 5.97 Å². The zero-order valence-corrected chi connectivity index (χ0v) is 7.87. The normalized spacial score (nSPS) is 9.08. The number of carbonyl (C=O) groups is 1. The summed E-state index contributed by atoms with van der Waals surface area (Å²) in [7, 11) is 0. The lowest BCUT2D eigenvalue weighted by Crippen LogP contribution is -1.99. The molecule has 0 aliphatic carbocycles. The van der Waals surface area contributed by atoms with Crippen LogP contribution in [0.3, 0.4) is 0 Å². The summed E-state index contributed by atoms with van der Waals surface area (Å²) < 4.78 is 5.44.